The van der Waals surface area contributed by atoms with Gasteiger partial charge in [0.15, 0.2) is 0 Å². The Bertz CT molecular complexity index is 90.2. The molecular weight excluding hydrogens is 157 g/mol. The smallest absolute Gasteiger partial charge is 0.381 e. The van der Waals surface area contributed by atoms with Crippen LogP contribution in [-0.4, -0.2) is 19.4 Å². The predicted octanol–water partition coefficient (Wildman–Crippen LogP) is 2.57. The number of hydrogen-bond donors (Lipinski definition) is 0. The van der Waals surface area contributed by atoms with Gasteiger partial charge in [-0.25, -0.2) is 0 Å². The fourth-order valence-corrected chi connectivity index (χ4v) is 0.552. The SMILES string of the molecule is CCCOCC[CH]C(F)(F)F. The fraction of sp³-hybridized carbons (Fsp3) is 0.857. The van der Waals surface area contributed by atoms with Gasteiger partial charge in [-0.1, -0.05) is 6.92 Å². The van der Waals surface area contributed by atoms with Gasteiger partial charge in [0.05, 0.1) is 6.42 Å². The van der Waals surface area contributed by atoms with Gasteiger partial charge in [0.1, 0.15) is 0 Å². The Morgan fingerprint density at radius 2 is 1.91 bits per heavy atom. The van der Waals surface area contributed by atoms with Gasteiger partial charge in [-0.15, -0.1) is 0 Å². The Balaban J connectivity index is 3.02. The number of halogens is 3. The molecule has 0 unspecified atom stereocenters. The van der Waals surface area contributed by atoms with E-state index in [9.17, 15) is 13.2 Å². The largest absolute Gasteiger partial charge is 0.392 e. The van der Waals surface area contributed by atoms with Crippen molar-refractivity contribution >= 4 is 0 Å². The Morgan fingerprint density at radius 1 is 1.27 bits per heavy atom. The van der Waals surface area contributed by atoms with Crippen LogP contribution in [0.3, 0.4) is 0 Å². The summed E-state index contributed by atoms with van der Waals surface area (Å²) < 4.78 is 39.2. The fourth-order valence-electron chi connectivity index (χ4n) is 0.552. The van der Waals surface area contributed by atoms with Crippen LogP contribution in [0.4, 0.5) is 13.2 Å². The van der Waals surface area contributed by atoms with Crippen LogP contribution in [-0.2, 0) is 4.74 Å². The third-order valence-electron chi connectivity index (χ3n) is 0.986. The predicted molar refractivity (Wildman–Crippen MR) is 36.1 cm³/mol. The van der Waals surface area contributed by atoms with Gasteiger partial charge in [0.2, 0.25) is 0 Å². The maximum atomic E-state index is 11.5. The van der Waals surface area contributed by atoms with Crippen molar-refractivity contribution < 1.29 is 17.9 Å². The van der Waals surface area contributed by atoms with E-state index in [0.717, 1.165) is 6.42 Å². The lowest BCUT2D eigenvalue weighted by Crippen LogP contribution is -2.09. The van der Waals surface area contributed by atoms with Gasteiger partial charge in [0, 0.05) is 13.2 Å². The van der Waals surface area contributed by atoms with E-state index in [1.165, 1.54) is 0 Å². The minimum Gasteiger partial charge on any atom is -0.381 e. The Labute approximate surface area is 64.5 Å². The maximum absolute atomic E-state index is 11.5. The molecule has 4 heteroatoms. The lowest BCUT2D eigenvalue weighted by Gasteiger charge is -2.05. The average Bonchev–Trinajstić information content (AvgIpc) is 1.85. The first-order valence-electron chi connectivity index (χ1n) is 3.55. The van der Waals surface area contributed by atoms with Crippen LogP contribution in [0.15, 0.2) is 0 Å². The van der Waals surface area contributed by atoms with Crippen molar-refractivity contribution in [1.82, 2.24) is 0 Å². The Morgan fingerprint density at radius 3 is 2.36 bits per heavy atom. The van der Waals surface area contributed by atoms with Crippen LogP contribution in [0.1, 0.15) is 19.8 Å². The van der Waals surface area contributed by atoms with Crippen molar-refractivity contribution in [2.45, 2.75) is 25.9 Å². The van der Waals surface area contributed by atoms with E-state index >= 15 is 0 Å². The molecule has 0 aliphatic rings. The molecular formula is C7H12F3O. The van der Waals surface area contributed by atoms with E-state index in [-0.39, 0.29) is 13.0 Å². The monoisotopic (exact) mass is 169 g/mol. The lowest BCUT2D eigenvalue weighted by atomic mass is 10.3. The second-order valence-corrected chi connectivity index (χ2v) is 2.15. The Kier molecular flexibility index (Phi) is 5.28. The van der Waals surface area contributed by atoms with Crippen molar-refractivity contribution in [3.8, 4) is 0 Å². The molecule has 0 atom stereocenters. The highest BCUT2D eigenvalue weighted by Gasteiger charge is 2.26. The minimum absolute atomic E-state index is 0.0521. The molecule has 1 radical (unpaired) electrons. The number of ether oxygens (including phenoxy) is 1. The zero-order valence-electron chi connectivity index (χ0n) is 6.45. The van der Waals surface area contributed by atoms with Gasteiger partial charge in [0.25, 0.3) is 0 Å². The molecule has 0 spiro atoms. The van der Waals surface area contributed by atoms with E-state index in [1.54, 1.807) is 0 Å². The number of hydrogen-bond acceptors (Lipinski definition) is 1. The summed E-state index contributed by atoms with van der Waals surface area (Å²) in [5.74, 6) is 0. The molecule has 0 amide bonds. The highest BCUT2D eigenvalue weighted by Crippen LogP contribution is 2.19. The summed E-state index contributed by atoms with van der Waals surface area (Å²) in [4.78, 5) is 0. The van der Waals surface area contributed by atoms with Crippen molar-refractivity contribution in [2.24, 2.45) is 0 Å². The van der Waals surface area contributed by atoms with Crippen molar-refractivity contribution in [1.29, 1.82) is 0 Å². The molecule has 0 fully saturated rings. The van der Waals surface area contributed by atoms with Gasteiger partial charge in [-0.3, -0.25) is 0 Å². The Hall–Kier alpha value is -0.250. The number of rotatable bonds is 5. The minimum atomic E-state index is -4.16. The van der Waals surface area contributed by atoms with Gasteiger partial charge in [-0.05, 0) is 12.8 Å². The molecule has 0 saturated carbocycles. The highest BCUT2D eigenvalue weighted by atomic mass is 19.4. The highest BCUT2D eigenvalue weighted by molar-refractivity contribution is 4.73. The van der Waals surface area contributed by atoms with E-state index in [2.05, 4.69) is 0 Å². The summed E-state index contributed by atoms with van der Waals surface area (Å²) in [7, 11) is 0. The lowest BCUT2D eigenvalue weighted by molar-refractivity contribution is -0.100. The molecule has 11 heavy (non-hydrogen) atoms. The van der Waals surface area contributed by atoms with Crippen LogP contribution in [0.5, 0.6) is 0 Å². The topological polar surface area (TPSA) is 9.23 Å². The van der Waals surface area contributed by atoms with E-state index < -0.39 is 6.18 Å². The number of alkyl halides is 3. The molecule has 0 aromatic carbocycles. The third kappa shape index (κ3) is 9.75. The van der Waals surface area contributed by atoms with Crippen LogP contribution < -0.4 is 0 Å². The van der Waals surface area contributed by atoms with E-state index in [1.807, 2.05) is 6.92 Å². The molecule has 0 N–H and O–H groups in total. The first-order chi connectivity index (χ1) is 5.06. The summed E-state index contributed by atoms with van der Waals surface area (Å²) in [6.07, 6.45) is -3.06. The molecule has 0 saturated heterocycles. The summed E-state index contributed by atoms with van der Waals surface area (Å²) in [6.45, 7) is 2.60. The zero-order chi connectivity index (χ0) is 8.74. The van der Waals surface area contributed by atoms with Crippen LogP contribution in [0.25, 0.3) is 0 Å². The summed E-state index contributed by atoms with van der Waals surface area (Å²) in [5.41, 5.74) is 0. The van der Waals surface area contributed by atoms with Crippen LogP contribution in [0.2, 0.25) is 0 Å². The van der Waals surface area contributed by atoms with E-state index in [4.69, 9.17) is 4.74 Å². The van der Waals surface area contributed by atoms with E-state index in [0.29, 0.717) is 13.0 Å². The van der Waals surface area contributed by atoms with Gasteiger partial charge < -0.3 is 4.74 Å². The molecule has 0 aliphatic carbocycles. The molecule has 0 aliphatic heterocycles. The van der Waals surface area contributed by atoms with Crippen molar-refractivity contribution in [3.05, 3.63) is 6.42 Å². The molecule has 0 rings (SSSR count). The molecule has 1 nitrogen and oxygen atoms in total. The first-order valence-corrected chi connectivity index (χ1v) is 3.55. The first kappa shape index (κ1) is 10.8. The van der Waals surface area contributed by atoms with Crippen LogP contribution >= 0.6 is 0 Å². The molecule has 0 heterocycles. The molecule has 67 valence electrons. The zero-order valence-corrected chi connectivity index (χ0v) is 6.45. The van der Waals surface area contributed by atoms with Gasteiger partial charge in [-0.2, -0.15) is 13.2 Å². The van der Waals surface area contributed by atoms with Crippen molar-refractivity contribution in [3.63, 3.8) is 0 Å². The summed E-state index contributed by atoms with van der Waals surface area (Å²) >= 11 is 0. The van der Waals surface area contributed by atoms with Gasteiger partial charge >= 0.3 is 6.18 Å². The quantitative estimate of drug-likeness (QED) is 0.575. The second-order valence-electron chi connectivity index (χ2n) is 2.15. The molecule has 0 aromatic heterocycles. The normalized spacial score (nSPS) is 12.0. The average molecular weight is 169 g/mol. The third-order valence-corrected chi connectivity index (χ3v) is 0.986. The standard InChI is InChI=1S/C7H12F3O/c1-2-5-11-6-3-4-7(8,9)10/h4H,2-3,5-6H2,1H3. The maximum Gasteiger partial charge on any atom is 0.392 e. The molecule has 0 aromatic rings. The summed E-state index contributed by atoms with van der Waals surface area (Å²) in [6, 6.07) is 0. The van der Waals surface area contributed by atoms with Crippen LogP contribution in [0, 0.1) is 6.42 Å². The van der Waals surface area contributed by atoms with Crippen molar-refractivity contribution in [2.75, 3.05) is 13.2 Å². The second kappa shape index (κ2) is 5.41. The molecule has 0 bridgehead atoms. The summed E-state index contributed by atoms with van der Waals surface area (Å²) in [5, 5.41) is 0.